The molecule has 1 aromatic rings. The summed E-state index contributed by atoms with van der Waals surface area (Å²) in [4.78, 5) is 13.0. The molecule has 0 radical (unpaired) electrons. The summed E-state index contributed by atoms with van der Waals surface area (Å²) >= 11 is 0. The SMILES string of the molecule is Cc1cc2c(cc1C)-c1c3cnnc-3c3c(n1CC2)CC(C)(C)CC3=O. The normalized spacial score (nSPS) is 17.8. The van der Waals surface area contributed by atoms with E-state index < -0.39 is 0 Å². The van der Waals surface area contributed by atoms with Gasteiger partial charge in [-0.2, -0.15) is 5.10 Å². The van der Waals surface area contributed by atoms with E-state index in [1.807, 2.05) is 6.20 Å². The summed E-state index contributed by atoms with van der Waals surface area (Å²) in [6, 6.07) is 4.61. The minimum absolute atomic E-state index is 0.0119. The van der Waals surface area contributed by atoms with Gasteiger partial charge in [-0.1, -0.05) is 19.9 Å². The van der Waals surface area contributed by atoms with E-state index in [9.17, 15) is 4.79 Å². The molecule has 3 aliphatic heterocycles. The lowest BCUT2D eigenvalue weighted by molar-refractivity contribution is 0.0908. The minimum atomic E-state index is -0.0119. The number of ketones is 1. The highest BCUT2D eigenvalue weighted by molar-refractivity contribution is 6.06. The predicted octanol–water partition coefficient (Wildman–Crippen LogP) is 4.38. The Morgan fingerprint density at radius 1 is 1.08 bits per heavy atom. The smallest absolute Gasteiger partial charge is 0.167 e. The molecule has 0 saturated heterocycles. The number of benzene rings is 1. The molecule has 0 bridgehead atoms. The molecule has 4 heteroatoms. The number of carbonyl (C=O) groups excluding carboxylic acids is 1. The van der Waals surface area contributed by atoms with Gasteiger partial charge in [0.15, 0.2) is 5.78 Å². The molecule has 1 aromatic carbocycles. The van der Waals surface area contributed by atoms with Crippen LogP contribution in [0.25, 0.3) is 22.5 Å². The Morgan fingerprint density at radius 3 is 2.65 bits per heavy atom. The highest BCUT2D eigenvalue weighted by Crippen LogP contribution is 2.46. The molecule has 0 unspecified atom stereocenters. The number of carbonyl (C=O) groups is 1. The minimum Gasteiger partial charge on any atom is -0.343 e. The van der Waals surface area contributed by atoms with Crippen LogP contribution >= 0.6 is 0 Å². The van der Waals surface area contributed by atoms with Crippen LogP contribution in [-0.4, -0.2) is 20.5 Å². The quantitative estimate of drug-likeness (QED) is 0.607. The fourth-order valence-corrected chi connectivity index (χ4v) is 4.76. The number of nitrogens with zero attached hydrogens (tertiary/aromatic N) is 3. The van der Waals surface area contributed by atoms with E-state index >= 15 is 0 Å². The van der Waals surface area contributed by atoms with Crippen molar-refractivity contribution in [2.45, 2.75) is 53.5 Å². The van der Waals surface area contributed by atoms with Crippen molar-refractivity contribution >= 4 is 5.78 Å². The van der Waals surface area contributed by atoms with E-state index in [0.717, 1.165) is 41.9 Å². The van der Waals surface area contributed by atoms with Gasteiger partial charge in [-0.25, -0.2) is 0 Å². The number of hydrogen-bond donors (Lipinski definition) is 0. The molecule has 0 spiro atoms. The molecule has 26 heavy (non-hydrogen) atoms. The molecule has 4 nitrogen and oxygen atoms in total. The lowest BCUT2D eigenvalue weighted by Gasteiger charge is -2.36. The van der Waals surface area contributed by atoms with E-state index in [1.165, 1.54) is 27.9 Å². The summed E-state index contributed by atoms with van der Waals surface area (Å²) in [6.45, 7) is 9.63. The summed E-state index contributed by atoms with van der Waals surface area (Å²) in [7, 11) is 0. The second-order valence-corrected chi connectivity index (χ2v) is 8.71. The molecule has 1 aliphatic carbocycles. The first-order chi connectivity index (χ1) is 12.4. The first kappa shape index (κ1) is 15.7. The standard InChI is InChI=1S/C22H23N3O/c1-12-7-14-5-6-25-17-9-22(3,4)10-18(26)19(17)20-16(11-23-24-20)21(25)15(14)8-13(12)2/h7-8,11H,5-6,9-10H2,1-4H3. The van der Waals surface area contributed by atoms with Crippen LogP contribution in [0, 0.1) is 19.3 Å². The third-order valence-electron chi connectivity index (χ3n) is 6.12. The van der Waals surface area contributed by atoms with E-state index in [1.54, 1.807) is 0 Å². The van der Waals surface area contributed by atoms with Crippen molar-refractivity contribution in [3.05, 3.63) is 46.3 Å². The maximum atomic E-state index is 13.0. The lowest BCUT2D eigenvalue weighted by atomic mass is 9.73. The molecule has 0 fully saturated rings. The predicted molar refractivity (Wildman–Crippen MR) is 102 cm³/mol. The maximum absolute atomic E-state index is 13.0. The lowest BCUT2D eigenvalue weighted by Crippen LogP contribution is -2.33. The summed E-state index contributed by atoms with van der Waals surface area (Å²) in [5.41, 5.74) is 10.2. The molecule has 0 saturated carbocycles. The Hall–Kier alpha value is -2.49. The van der Waals surface area contributed by atoms with Crippen LogP contribution in [0.5, 0.6) is 0 Å². The first-order valence-corrected chi connectivity index (χ1v) is 9.36. The average Bonchev–Trinajstić information content (AvgIpc) is 3.03. The number of pyridine rings is 1. The zero-order chi connectivity index (χ0) is 18.2. The molecule has 0 amide bonds. The number of aryl methyl sites for hydroxylation is 3. The molecular weight excluding hydrogens is 322 g/mol. The third-order valence-corrected chi connectivity index (χ3v) is 6.12. The van der Waals surface area contributed by atoms with Crippen molar-refractivity contribution in [1.29, 1.82) is 0 Å². The van der Waals surface area contributed by atoms with Crippen LogP contribution in [0.1, 0.15) is 53.0 Å². The van der Waals surface area contributed by atoms with Gasteiger partial charge in [-0.3, -0.25) is 4.79 Å². The molecule has 132 valence electrons. The van der Waals surface area contributed by atoms with Crippen molar-refractivity contribution in [3.63, 3.8) is 0 Å². The Kier molecular flexibility index (Phi) is 3.04. The van der Waals surface area contributed by atoms with E-state index in [2.05, 4.69) is 54.6 Å². The average molecular weight is 345 g/mol. The molecule has 5 rings (SSSR count). The van der Waals surface area contributed by atoms with Crippen LogP contribution in [-0.2, 0) is 19.4 Å². The van der Waals surface area contributed by atoms with Gasteiger partial charge in [-0.15, -0.1) is 5.10 Å². The third kappa shape index (κ3) is 2.05. The van der Waals surface area contributed by atoms with Crippen LogP contribution in [0.15, 0.2) is 18.3 Å². The summed E-state index contributed by atoms with van der Waals surface area (Å²) in [6.07, 6.45) is 4.32. The Morgan fingerprint density at radius 2 is 1.85 bits per heavy atom. The highest BCUT2D eigenvalue weighted by Gasteiger charge is 2.39. The number of aromatic nitrogens is 3. The maximum Gasteiger partial charge on any atom is 0.167 e. The van der Waals surface area contributed by atoms with E-state index in [0.29, 0.717) is 6.42 Å². The van der Waals surface area contributed by atoms with Gasteiger partial charge in [0.25, 0.3) is 0 Å². The van der Waals surface area contributed by atoms with Gasteiger partial charge in [0.2, 0.25) is 0 Å². The number of Topliss-reactive ketones (excluding diaryl/α,β-unsaturated/α-hetero) is 1. The molecule has 0 aromatic heterocycles. The first-order valence-electron chi connectivity index (χ1n) is 9.36. The molecule has 0 N–H and O–H groups in total. The van der Waals surface area contributed by atoms with Crippen molar-refractivity contribution < 1.29 is 4.79 Å². The van der Waals surface area contributed by atoms with Gasteiger partial charge in [0.1, 0.15) is 5.69 Å². The Bertz CT molecular complexity index is 1060. The van der Waals surface area contributed by atoms with Gasteiger partial charge in [0.05, 0.1) is 17.5 Å². The molecule has 4 aliphatic rings. The van der Waals surface area contributed by atoms with Gasteiger partial charge in [-0.05, 0) is 54.9 Å². The zero-order valence-corrected chi connectivity index (χ0v) is 15.8. The molecular formula is C22H23N3O. The fourth-order valence-electron chi connectivity index (χ4n) is 4.76. The summed E-state index contributed by atoms with van der Waals surface area (Å²) in [5, 5.41) is 8.55. The summed E-state index contributed by atoms with van der Waals surface area (Å²) in [5.74, 6) is 0.211. The van der Waals surface area contributed by atoms with Gasteiger partial charge >= 0.3 is 0 Å². The second kappa shape index (κ2) is 5.03. The summed E-state index contributed by atoms with van der Waals surface area (Å²) < 4.78 is 2.39. The van der Waals surface area contributed by atoms with Crippen LogP contribution in [0.3, 0.4) is 0 Å². The zero-order valence-electron chi connectivity index (χ0n) is 15.8. The number of hydrogen-bond acceptors (Lipinski definition) is 3. The highest BCUT2D eigenvalue weighted by atomic mass is 16.1. The Balaban J connectivity index is 1.89. The number of rotatable bonds is 0. The molecule has 0 atom stereocenters. The van der Waals surface area contributed by atoms with Crippen LogP contribution in [0.4, 0.5) is 0 Å². The molecule has 3 heterocycles. The van der Waals surface area contributed by atoms with Crippen molar-refractivity contribution in [3.8, 4) is 22.5 Å². The number of fused-ring (bicyclic) bond motifs is 8. The van der Waals surface area contributed by atoms with Crippen molar-refractivity contribution in [2.24, 2.45) is 5.41 Å². The van der Waals surface area contributed by atoms with E-state index in [-0.39, 0.29) is 11.2 Å². The van der Waals surface area contributed by atoms with Gasteiger partial charge in [0, 0.05) is 29.8 Å². The topological polar surface area (TPSA) is 47.8 Å². The monoisotopic (exact) mass is 345 g/mol. The Labute approximate surface area is 153 Å². The second-order valence-electron chi connectivity index (χ2n) is 8.71. The van der Waals surface area contributed by atoms with Crippen molar-refractivity contribution in [2.75, 3.05) is 0 Å². The largest absolute Gasteiger partial charge is 0.343 e. The van der Waals surface area contributed by atoms with E-state index in [4.69, 9.17) is 0 Å². The fraction of sp³-hybridized carbons (Fsp3) is 0.409. The van der Waals surface area contributed by atoms with Crippen molar-refractivity contribution in [1.82, 2.24) is 14.8 Å². The van der Waals surface area contributed by atoms with Gasteiger partial charge < -0.3 is 4.57 Å². The van der Waals surface area contributed by atoms with Crippen LogP contribution in [0.2, 0.25) is 0 Å². The van der Waals surface area contributed by atoms with Crippen LogP contribution < -0.4 is 0 Å².